The molecule has 4 aromatic rings. The third-order valence-corrected chi connectivity index (χ3v) is 11.8. The van der Waals surface area contributed by atoms with Crippen LogP contribution >= 0.6 is 0 Å². The van der Waals surface area contributed by atoms with Crippen molar-refractivity contribution in [1.29, 1.82) is 0 Å². The second-order valence-corrected chi connectivity index (χ2v) is 14.6. The van der Waals surface area contributed by atoms with Crippen LogP contribution in [0.4, 0.5) is 5.69 Å². The van der Waals surface area contributed by atoms with Gasteiger partial charge in [-0.2, -0.15) is 4.31 Å². The van der Waals surface area contributed by atoms with E-state index in [9.17, 15) is 8.42 Å². The van der Waals surface area contributed by atoms with E-state index in [0.29, 0.717) is 37.0 Å². The summed E-state index contributed by atoms with van der Waals surface area (Å²) >= 11 is 0. The summed E-state index contributed by atoms with van der Waals surface area (Å²) in [5.41, 5.74) is 9.88. The van der Waals surface area contributed by atoms with Crippen LogP contribution in [0.2, 0.25) is 0 Å². The Labute approximate surface area is 262 Å². The van der Waals surface area contributed by atoms with Crippen molar-refractivity contribution in [1.82, 2.24) is 9.21 Å². The molecule has 0 saturated carbocycles. The summed E-state index contributed by atoms with van der Waals surface area (Å²) in [6, 6.07) is 31.6. The van der Waals surface area contributed by atoms with E-state index in [1.807, 2.05) is 24.3 Å². The average molecular weight is 604 g/mol. The van der Waals surface area contributed by atoms with Crippen molar-refractivity contribution in [3.63, 3.8) is 0 Å². The van der Waals surface area contributed by atoms with E-state index in [1.54, 1.807) is 10.4 Å². The summed E-state index contributed by atoms with van der Waals surface area (Å²) in [5, 5.41) is 3.84. The van der Waals surface area contributed by atoms with Gasteiger partial charge in [0.25, 0.3) is 0 Å². The highest BCUT2D eigenvalue weighted by Crippen LogP contribution is 2.51. The SMILES string of the molecule is Cc1cc(C)c(C2Nc3ccc(S(=O)(=O)N4CCN(C(c5ccccc5)c5ccccc5)CC4)cc3C3C=CCC32)c(C)c1. The van der Waals surface area contributed by atoms with Crippen LogP contribution in [-0.4, -0.2) is 43.8 Å². The first-order valence-corrected chi connectivity index (χ1v) is 17.2. The minimum absolute atomic E-state index is 0.0944. The molecule has 5 nitrogen and oxygen atoms in total. The Bertz CT molecular complexity index is 1730. The normalized spacial score (nSPS) is 22.0. The molecule has 0 radical (unpaired) electrons. The van der Waals surface area contributed by atoms with Gasteiger partial charge < -0.3 is 5.32 Å². The largest absolute Gasteiger partial charge is 0.378 e. The van der Waals surface area contributed by atoms with Gasteiger partial charge >= 0.3 is 0 Å². The van der Waals surface area contributed by atoms with Crippen LogP contribution in [0, 0.1) is 26.7 Å². The van der Waals surface area contributed by atoms with Gasteiger partial charge in [0.05, 0.1) is 17.0 Å². The fourth-order valence-electron chi connectivity index (χ4n) is 7.94. The molecule has 2 heterocycles. The summed E-state index contributed by atoms with van der Waals surface area (Å²) in [5.74, 6) is 0.554. The number of nitrogens with one attached hydrogen (secondary N) is 1. The van der Waals surface area contributed by atoms with E-state index in [2.05, 4.69) is 104 Å². The van der Waals surface area contributed by atoms with Gasteiger partial charge in [-0.25, -0.2) is 8.42 Å². The van der Waals surface area contributed by atoms with Crippen molar-refractivity contribution in [3.8, 4) is 0 Å². The zero-order valence-electron chi connectivity index (χ0n) is 25.8. The van der Waals surface area contributed by atoms with Crippen LogP contribution in [0.5, 0.6) is 0 Å². The molecule has 2 aliphatic heterocycles. The van der Waals surface area contributed by atoms with E-state index in [1.165, 1.54) is 33.4 Å². The molecule has 44 heavy (non-hydrogen) atoms. The Kier molecular flexibility index (Phi) is 7.69. The average Bonchev–Trinajstić information content (AvgIpc) is 3.53. The second-order valence-electron chi connectivity index (χ2n) is 12.7. The number of hydrogen-bond donors (Lipinski definition) is 1. The molecule has 7 rings (SSSR count). The van der Waals surface area contributed by atoms with Crippen LogP contribution < -0.4 is 5.32 Å². The maximum atomic E-state index is 14.1. The zero-order chi connectivity index (χ0) is 30.4. The predicted octanol–water partition coefficient (Wildman–Crippen LogP) is 7.53. The number of hydrogen-bond acceptors (Lipinski definition) is 4. The number of allylic oxidation sites excluding steroid dienone is 2. The Balaban J connectivity index is 1.13. The molecule has 6 heteroatoms. The molecule has 0 bridgehead atoms. The summed E-state index contributed by atoms with van der Waals surface area (Å²) in [6.07, 6.45) is 5.55. The smallest absolute Gasteiger partial charge is 0.243 e. The highest BCUT2D eigenvalue weighted by Gasteiger charge is 2.40. The fraction of sp³-hybridized carbons (Fsp3) is 0.316. The first-order chi connectivity index (χ1) is 21.3. The minimum atomic E-state index is -3.63. The summed E-state index contributed by atoms with van der Waals surface area (Å²) < 4.78 is 29.8. The predicted molar refractivity (Wildman–Crippen MR) is 179 cm³/mol. The third-order valence-electron chi connectivity index (χ3n) is 9.89. The molecule has 0 amide bonds. The number of benzene rings is 4. The molecule has 1 aliphatic carbocycles. The minimum Gasteiger partial charge on any atom is -0.378 e. The van der Waals surface area contributed by atoms with Crippen LogP contribution in [0.15, 0.2) is 108 Å². The van der Waals surface area contributed by atoms with E-state index in [4.69, 9.17) is 0 Å². The van der Waals surface area contributed by atoms with Gasteiger partial charge in [0.15, 0.2) is 0 Å². The van der Waals surface area contributed by atoms with Gasteiger partial charge in [-0.1, -0.05) is 90.5 Å². The lowest BCUT2D eigenvalue weighted by atomic mass is 9.75. The molecule has 0 aromatic heterocycles. The van der Waals surface area contributed by atoms with Gasteiger partial charge in [-0.05, 0) is 84.7 Å². The number of sulfonamides is 1. The lowest BCUT2D eigenvalue weighted by Crippen LogP contribution is -2.49. The molecule has 4 aromatic carbocycles. The fourth-order valence-corrected chi connectivity index (χ4v) is 9.39. The number of anilines is 1. The molecule has 1 fully saturated rings. The Hall–Kier alpha value is -3.71. The number of rotatable bonds is 6. The summed E-state index contributed by atoms with van der Waals surface area (Å²) in [7, 11) is -3.63. The molecular weight excluding hydrogens is 563 g/mol. The van der Waals surface area contributed by atoms with Crippen molar-refractivity contribution in [3.05, 3.63) is 142 Å². The van der Waals surface area contributed by atoms with E-state index >= 15 is 0 Å². The van der Waals surface area contributed by atoms with Crippen LogP contribution in [0.25, 0.3) is 0 Å². The molecular formula is C38H41N3O2S. The molecule has 0 spiro atoms. The second kappa shape index (κ2) is 11.7. The maximum absolute atomic E-state index is 14.1. The summed E-state index contributed by atoms with van der Waals surface area (Å²) in [6.45, 7) is 8.85. The van der Waals surface area contributed by atoms with Crippen molar-refractivity contribution in [2.45, 2.75) is 50.1 Å². The molecule has 3 unspecified atom stereocenters. The van der Waals surface area contributed by atoms with Crippen LogP contribution in [0.1, 0.15) is 63.4 Å². The Morgan fingerprint density at radius 1 is 0.773 bits per heavy atom. The first kappa shape index (κ1) is 29.0. The van der Waals surface area contributed by atoms with Gasteiger partial charge in [0, 0.05) is 37.8 Å². The van der Waals surface area contributed by atoms with Crippen molar-refractivity contribution < 1.29 is 8.42 Å². The molecule has 1 N–H and O–H groups in total. The number of aryl methyl sites for hydroxylation is 3. The lowest BCUT2D eigenvalue weighted by molar-refractivity contribution is 0.156. The first-order valence-electron chi connectivity index (χ1n) is 15.8. The number of fused-ring (bicyclic) bond motifs is 3. The Morgan fingerprint density at radius 2 is 1.39 bits per heavy atom. The highest BCUT2D eigenvalue weighted by molar-refractivity contribution is 7.89. The maximum Gasteiger partial charge on any atom is 0.243 e. The topological polar surface area (TPSA) is 52.7 Å². The quantitative estimate of drug-likeness (QED) is 0.232. The van der Waals surface area contributed by atoms with Crippen molar-refractivity contribution in [2.75, 3.05) is 31.5 Å². The van der Waals surface area contributed by atoms with E-state index in [-0.39, 0.29) is 18.0 Å². The Morgan fingerprint density at radius 3 is 2.00 bits per heavy atom. The standard InChI is InChI=1S/C38H41N3O2S/c1-26-23-27(2)36(28(3)24-26)37-33-16-10-15-32(33)34-25-31(17-18-35(34)39-37)44(42,43)41-21-19-40(20-22-41)38(29-11-6-4-7-12-29)30-13-8-5-9-14-30/h4-15,17-18,23-25,32-33,37-39H,16,19-22H2,1-3H3. The zero-order valence-corrected chi connectivity index (χ0v) is 26.6. The van der Waals surface area contributed by atoms with E-state index < -0.39 is 10.0 Å². The van der Waals surface area contributed by atoms with Gasteiger partial charge in [-0.15, -0.1) is 0 Å². The number of nitrogens with zero attached hydrogens (tertiary/aromatic N) is 2. The van der Waals surface area contributed by atoms with Crippen molar-refractivity contribution in [2.24, 2.45) is 5.92 Å². The molecule has 3 atom stereocenters. The van der Waals surface area contributed by atoms with Gasteiger partial charge in [-0.3, -0.25) is 4.90 Å². The molecule has 226 valence electrons. The highest BCUT2D eigenvalue weighted by atomic mass is 32.2. The molecule has 3 aliphatic rings. The van der Waals surface area contributed by atoms with Gasteiger partial charge in [0.2, 0.25) is 10.0 Å². The lowest BCUT2D eigenvalue weighted by Gasteiger charge is -2.40. The third kappa shape index (κ3) is 5.19. The summed E-state index contributed by atoms with van der Waals surface area (Å²) in [4.78, 5) is 2.81. The van der Waals surface area contributed by atoms with Gasteiger partial charge in [0.1, 0.15) is 0 Å². The number of piperazine rings is 1. The van der Waals surface area contributed by atoms with Crippen LogP contribution in [0.3, 0.4) is 0 Å². The van der Waals surface area contributed by atoms with Crippen molar-refractivity contribution >= 4 is 15.7 Å². The van der Waals surface area contributed by atoms with E-state index in [0.717, 1.165) is 17.7 Å². The van der Waals surface area contributed by atoms with Crippen LogP contribution in [-0.2, 0) is 10.0 Å². The molecule has 1 saturated heterocycles. The monoisotopic (exact) mass is 603 g/mol.